The van der Waals surface area contributed by atoms with Gasteiger partial charge < -0.3 is 5.32 Å². The second-order valence-corrected chi connectivity index (χ2v) is 5.29. The lowest BCUT2D eigenvalue weighted by atomic mass is 10.1. The van der Waals surface area contributed by atoms with Gasteiger partial charge in [-0.25, -0.2) is 9.48 Å². The smallest absolute Gasteiger partial charge is 0.307 e. The minimum atomic E-state index is -0.249. The molecule has 0 aliphatic carbocycles. The van der Waals surface area contributed by atoms with Crippen molar-refractivity contribution >= 4 is 17.5 Å². The summed E-state index contributed by atoms with van der Waals surface area (Å²) in [6.45, 7) is 8.76. The van der Waals surface area contributed by atoms with E-state index in [4.69, 9.17) is 0 Å². The van der Waals surface area contributed by atoms with Crippen LogP contribution < -0.4 is 10.6 Å². The van der Waals surface area contributed by atoms with E-state index < -0.39 is 0 Å². The van der Waals surface area contributed by atoms with Crippen LogP contribution in [0.3, 0.4) is 0 Å². The van der Waals surface area contributed by atoms with Crippen LogP contribution in [-0.2, 0) is 6.54 Å². The van der Waals surface area contributed by atoms with E-state index in [0.717, 1.165) is 41.3 Å². The second-order valence-electron chi connectivity index (χ2n) is 5.29. The van der Waals surface area contributed by atoms with Gasteiger partial charge in [-0.3, -0.25) is 5.32 Å². The Labute approximate surface area is 125 Å². The van der Waals surface area contributed by atoms with Crippen molar-refractivity contribution in [2.75, 3.05) is 10.6 Å². The fourth-order valence-corrected chi connectivity index (χ4v) is 2.17. The Bertz CT molecular complexity index is 646. The van der Waals surface area contributed by atoms with E-state index in [1.165, 1.54) is 0 Å². The Hall–Kier alpha value is -2.30. The molecule has 1 aromatic heterocycles. The first kappa shape index (κ1) is 15.1. The molecule has 0 fully saturated rings. The van der Waals surface area contributed by atoms with Crippen molar-refractivity contribution in [3.8, 4) is 0 Å². The number of nitrogens with zero attached hydrogens (tertiary/aromatic N) is 2. The molecule has 112 valence electrons. The van der Waals surface area contributed by atoms with Gasteiger partial charge in [-0.2, -0.15) is 5.10 Å². The number of aryl methyl sites for hydroxylation is 4. The lowest BCUT2D eigenvalue weighted by molar-refractivity contribution is 0.262. The number of hydrogen-bond donors (Lipinski definition) is 2. The number of anilines is 2. The number of amides is 2. The number of benzene rings is 1. The Morgan fingerprint density at radius 2 is 1.95 bits per heavy atom. The van der Waals surface area contributed by atoms with Crippen LogP contribution in [0.4, 0.5) is 16.3 Å². The zero-order valence-electron chi connectivity index (χ0n) is 13.0. The standard InChI is InChI=1S/C16H22N4O/c1-5-8-20-15(10-13(4)19-20)18-16(21)17-14-9-11(2)6-7-12(14)3/h6-7,9-10H,5,8H2,1-4H3,(H2,17,18,21). The predicted molar refractivity (Wildman–Crippen MR) is 85.8 cm³/mol. The molecule has 0 spiro atoms. The lowest BCUT2D eigenvalue weighted by Crippen LogP contribution is -2.22. The van der Waals surface area contributed by atoms with Gasteiger partial charge in [-0.15, -0.1) is 0 Å². The van der Waals surface area contributed by atoms with Gasteiger partial charge >= 0.3 is 6.03 Å². The number of nitrogens with one attached hydrogen (secondary N) is 2. The quantitative estimate of drug-likeness (QED) is 0.896. The first-order chi connectivity index (χ1) is 9.99. The zero-order valence-corrected chi connectivity index (χ0v) is 13.0. The third kappa shape index (κ3) is 3.84. The van der Waals surface area contributed by atoms with Crippen molar-refractivity contribution in [2.45, 2.75) is 40.7 Å². The van der Waals surface area contributed by atoms with Gasteiger partial charge in [-0.05, 0) is 44.4 Å². The molecule has 0 aliphatic rings. The van der Waals surface area contributed by atoms with Crippen molar-refractivity contribution in [3.63, 3.8) is 0 Å². The molecule has 2 rings (SSSR count). The van der Waals surface area contributed by atoms with Crippen LogP contribution in [0.1, 0.15) is 30.2 Å². The van der Waals surface area contributed by atoms with E-state index in [0.29, 0.717) is 0 Å². The first-order valence-electron chi connectivity index (χ1n) is 7.19. The van der Waals surface area contributed by atoms with Crippen molar-refractivity contribution in [1.82, 2.24) is 9.78 Å². The lowest BCUT2D eigenvalue weighted by Gasteiger charge is -2.11. The Balaban J connectivity index is 2.10. The normalized spacial score (nSPS) is 10.5. The molecule has 1 aromatic carbocycles. The van der Waals surface area contributed by atoms with E-state index in [2.05, 4.69) is 22.7 Å². The minimum absolute atomic E-state index is 0.249. The van der Waals surface area contributed by atoms with Crippen LogP contribution in [0, 0.1) is 20.8 Å². The minimum Gasteiger partial charge on any atom is -0.307 e. The van der Waals surface area contributed by atoms with Crippen molar-refractivity contribution in [3.05, 3.63) is 41.1 Å². The SMILES string of the molecule is CCCn1nc(C)cc1NC(=O)Nc1cc(C)ccc1C. The summed E-state index contributed by atoms with van der Waals surface area (Å²) in [6, 6.07) is 7.61. The molecular weight excluding hydrogens is 264 g/mol. The van der Waals surface area contributed by atoms with Crippen molar-refractivity contribution in [1.29, 1.82) is 0 Å². The maximum atomic E-state index is 12.1. The van der Waals surface area contributed by atoms with Gasteiger partial charge in [0.1, 0.15) is 5.82 Å². The zero-order chi connectivity index (χ0) is 15.4. The van der Waals surface area contributed by atoms with E-state index >= 15 is 0 Å². The summed E-state index contributed by atoms with van der Waals surface area (Å²) in [5, 5.41) is 10.1. The highest BCUT2D eigenvalue weighted by Gasteiger charge is 2.10. The molecule has 0 atom stereocenters. The molecule has 21 heavy (non-hydrogen) atoms. The van der Waals surface area contributed by atoms with E-state index in [1.807, 2.05) is 49.7 Å². The van der Waals surface area contributed by atoms with Crippen molar-refractivity contribution in [2.24, 2.45) is 0 Å². The Kier molecular flexibility index (Phi) is 4.62. The molecular formula is C16H22N4O. The summed E-state index contributed by atoms with van der Waals surface area (Å²) in [5.41, 5.74) is 3.87. The average molecular weight is 286 g/mol. The van der Waals surface area contributed by atoms with Crippen LogP contribution in [0.25, 0.3) is 0 Å². The van der Waals surface area contributed by atoms with E-state index in [9.17, 15) is 4.79 Å². The summed E-state index contributed by atoms with van der Waals surface area (Å²) >= 11 is 0. The van der Waals surface area contributed by atoms with E-state index in [-0.39, 0.29) is 6.03 Å². The number of hydrogen-bond acceptors (Lipinski definition) is 2. The molecule has 5 heteroatoms. The van der Waals surface area contributed by atoms with Gasteiger partial charge in [0.05, 0.1) is 5.69 Å². The van der Waals surface area contributed by atoms with Crippen LogP contribution in [-0.4, -0.2) is 15.8 Å². The molecule has 0 aliphatic heterocycles. The van der Waals surface area contributed by atoms with Crippen LogP contribution in [0.15, 0.2) is 24.3 Å². The number of aromatic nitrogens is 2. The maximum absolute atomic E-state index is 12.1. The molecule has 0 unspecified atom stereocenters. The number of carbonyl (C=O) groups is 1. The highest BCUT2D eigenvalue weighted by molar-refractivity contribution is 5.99. The number of rotatable bonds is 4. The fourth-order valence-electron chi connectivity index (χ4n) is 2.17. The maximum Gasteiger partial charge on any atom is 0.324 e. The third-order valence-corrected chi connectivity index (χ3v) is 3.22. The molecule has 2 aromatic rings. The molecule has 2 N–H and O–H groups in total. The van der Waals surface area contributed by atoms with Gasteiger partial charge in [-0.1, -0.05) is 19.1 Å². The largest absolute Gasteiger partial charge is 0.324 e. The van der Waals surface area contributed by atoms with Crippen molar-refractivity contribution < 1.29 is 4.79 Å². The summed E-state index contributed by atoms with van der Waals surface area (Å²) in [4.78, 5) is 12.1. The summed E-state index contributed by atoms with van der Waals surface area (Å²) in [6.07, 6.45) is 0.967. The Morgan fingerprint density at radius 3 is 2.67 bits per heavy atom. The van der Waals surface area contributed by atoms with Gasteiger partial charge in [0, 0.05) is 18.3 Å². The van der Waals surface area contributed by atoms with Gasteiger partial charge in [0.2, 0.25) is 0 Å². The molecule has 0 saturated heterocycles. The van der Waals surface area contributed by atoms with E-state index in [1.54, 1.807) is 0 Å². The van der Waals surface area contributed by atoms with Gasteiger partial charge in [0.15, 0.2) is 0 Å². The molecule has 0 bridgehead atoms. The first-order valence-corrected chi connectivity index (χ1v) is 7.19. The number of carbonyl (C=O) groups excluding carboxylic acids is 1. The molecule has 5 nitrogen and oxygen atoms in total. The number of urea groups is 1. The average Bonchev–Trinajstić information content (AvgIpc) is 2.74. The second kappa shape index (κ2) is 6.43. The van der Waals surface area contributed by atoms with Crippen LogP contribution in [0.2, 0.25) is 0 Å². The summed E-state index contributed by atoms with van der Waals surface area (Å²) in [5.74, 6) is 0.720. The summed E-state index contributed by atoms with van der Waals surface area (Å²) < 4.78 is 1.82. The van der Waals surface area contributed by atoms with Gasteiger partial charge in [0.25, 0.3) is 0 Å². The summed E-state index contributed by atoms with van der Waals surface area (Å²) in [7, 11) is 0. The third-order valence-electron chi connectivity index (χ3n) is 3.22. The molecule has 2 amide bonds. The monoisotopic (exact) mass is 286 g/mol. The highest BCUT2D eigenvalue weighted by Crippen LogP contribution is 2.17. The van der Waals surface area contributed by atoms with Crippen LogP contribution in [0.5, 0.6) is 0 Å². The highest BCUT2D eigenvalue weighted by atomic mass is 16.2. The molecule has 1 heterocycles. The Morgan fingerprint density at radius 1 is 1.19 bits per heavy atom. The van der Waals surface area contributed by atoms with Crippen LogP contribution >= 0.6 is 0 Å². The molecule has 0 radical (unpaired) electrons. The molecule has 0 saturated carbocycles. The topological polar surface area (TPSA) is 59.0 Å². The fraction of sp³-hybridized carbons (Fsp3) is 0.375. The predicted octanol–water partition coefficient (Wildman–Crippen LogP) is 3.86.